The van der Waals surface area contributed by atoms with E-state index >= 15 is 0 Å². The fraction of sp³-hybridized carbons (Fsp3) is 0.133. The molecule has 0 spiro atoms. The molecule has 2 aromatic carbocycles. The zero-order valence-electron chi connectivity index (χ0n) is 10.9. The van der Waals surface area contributed by atoms with Crippen molar-refractivity contribution in [2.75, 3.05) is 0 Å². The summed E-state index contributed by atoms with van der Waals surface area (Å²) in [5.41, 5.74) is 0.133. The second-order valence-corrected chi connectivity index (χ2v) is 6.56. The van der Waals surface area contributed by atoms with Gasteiger partial charge in [0.05, 0.1) is 15.3 Å². The lowest BCUT2D eigenvalue weighted by atomic mass is 10.1. The van der Waals surface area contributed by atoms with Crippen molar-refractivity contribution >= 4 is 40.7 Å². The highest BCUT2D eigenvalue weighted by Crippen LogP contribution is 2.31. The highest BCUT2D eigenvalue weighted by molar-refractivity contribution is 8.00. The van der Waals surface area contributed by atoms with E-state index in [2.05, 4.69) is 0 Å². The van der Waals surface area contributed by atoms with Crippen LogP contribution < -0.4 is 0 Å². The maximum absolute atomic E-state index is 13.2. The van der Waals surface area contributed by atoms with Crippen LogP contribution in [0.3, 0.4) is 0 Å². The van der Waals surface area contributed by atoms with Gasteiger partial charge >= 0.3 is 0 Å². The normalized spacial score (nSPS) is 12.2. The first-order chi connectivity index (χ1) is 9.88. The fourth-order valence-electron chi connectivity index (χ4n) is 1.69. The molecule has 0 saturated heterocycles. The van der Waals surface area contributed by atoms with Gasteiger partial charge in [0.25, 0.3) is 0 Å². The molecule has 6 heteroatoms. The average molecular weight is 347 g/mol. The monoisotopic (exact) mass is 346 g/mol. The van der Waals surface area contributed by atoms with E-state index in [0.717, 1.165) is 17.0 Å². The molecule has 21 heavy (non-hydrogen) atoms. The Kier molecular flexibility index (Phi) is 5.25. The number of hydrogen-bond donors (Lipinski definition) is 0. The molecule has 2 aromatic rings. The molecule has 0 saturated carbocycles. The number of carbonyl (C=O) groups excluding carboxylic acids is 1. The van der Waals surface area contributed by atoms with Crippen molar-refractivity contribution in [1.82, 2.24) is 0 Å². The predicted octanol–water partition coefficient (Wildman–Crippen LogP) is 5.64. The maximum Gasteiger partial charge on any atom is 0.175 e. The summed E-state index contributed by atoms with van der Waals surface area (Å²) in [4.78, 5) is 13.0. The third-order valence-corrected chi connectivity index (χ3v) is 4.61. The summed E-state index contributed by atoms with van der Waals surface area (Å²) in [6, 6.07) is 8.16. The lowest BCUT2D eigenvalue weighted by Gasteiger charge is -2.11. The van der Waals surface area contributed by atoms with Gasteiger partial charge in [-0.3, -0.25) is 4.79 Å². The third-order valence-electron chi connectivity index (χ3n) is 2.78. The van der Waals surface area contributed by atoms with Crippen molar-refractivity contribution in [3.63, 3.8) is 0 Å². The van der Waals surface area contributed by atoms with Crippen LogP contribution in [0.1, 0.15) is 17.3 Å². The summed E-state index contributed by atoms with van der Waals surface area (Å²) < 4.78 is 26.0. The van der Waals surface area contributed by atoms with Gasteiger partial charge in [-0.15, -0.1) is 11.8 Å². The highest BCUT2D eigenvalue weighted by Gasteiger charge is 2.18. The number of Topliss-reactive ketones (excluding diaryl/α,β-unsaturated/α-hetero) is 1. The van der Waals surface area contributed by atoms with Crippen molar-refractivity contribution in [2.45, 2.75) is 17.1 Å². The van der Waals surface area contributed by atoms with Crippen LogP contribution in [-0.2, 0) is 0 Å². The van der Waals surface area contributed by atoms with Crippen molar-refractivity contribution in [1.29, 1.82) is 0 Å². The van der Waals surface area contributed by atoms with Gasteiger partial charge in [0.1, 0.15) is 0 Å². The quantitative estimate of drug-likeness (QED) is 0.526. The van der Waals surface area contributed by atoms with Crippen molar-refractivity contribution in [2.24, 2.45) is 0 Å². The van der Waals surface area contributed by atoms with E-state index < -0.39 is 16.9 Å². The Morgan fingerprint density at radius 3 is 2.38 bits per heavy atom. The molecule has 0 aliphatic rings. The van der Waals surface area contributed by atoms with E-state index in [1.54, 1.807) is 25.1 Å². The van der Waals surface area contributed by atoms with Crippen LogP contribution in [0, 0.1) is 11.6 Å². The smallest absolute Gasteiger partial charge is 0.175 e. The number of ketones is 1. The number of rotatable bonds is 4. The maximum atomic E-state index is 13.2. The van der Waals surface area contributed by atoms with Gasteiger partial charge < -0.3 is 0 Å². The molecule has 2 rings (SSSR count). The van der Waals surface area contributed by atoms with E-state index in [0.29, 0.717) is 10.0 Å². The number of benzene rings is 2. The molecule has 1 unspecified atom stereocenters. The second-order valence-electron chi connectivity index (χ2n) is 4.33. The standard InChI is InChI=1S/C15H10Cl2F2OS/c1-8(21-10-3-4-11(16)12(17)7-10)15(20)9-2-5-13(18)14(19)6-9/h2-8H,1H3. The number of halogens is 4. The Morgan fingerprint density at radius 2 is 1.76 bits per heavy atom. The van der Waals surface area contributed by atoms with Gasteiger partial charge in [0.2, 0.25) is 0 Å². The summed E-state index contributed by atoms with van der Waals surface area (Å²) in [5, 5.41) is 0.363. The van der Waals surface area contributed by atoms with Crippen LogP contribution in [-0.4, -0.2) is 11.0 Å². The zero-order valence-corrected chi connectivity index (χ0v) is 13.2. The Bertz CT molecular complexity index is 691. The number of carbonyl (C=O) groups is 1. The molecular formula is C15H10Cl2F2OS. The fourth-order valence-corrected chi connectivity index (χ4v) is 3.04. The van der Waals surface area contributed by atoms with Crippen LogP contribution in [0.2, 0.25) is 10.0 Å². The molecule has 0 aliphatic heterocycles. The summed E-state index contributed by atoms with van der Waals surface area (Å²) in [6.45, 7) is 1.69. The van der Waals surface area contributed by atoms with Crippen LogP contribution in [0.25, 0.3) is 0 Å². The number of thioether (sulfide) groups is 1. The first kappa shape index (κ1) is 16.3. The summed E-state index contributed by atoms with van der Waals surface area (Å²) in [7, 11) is 0. The Labute approximate surface area is 135 Å². The zero-order chi connectivity index (χ0) is 15.6. The molecule has 0 radical (unpaired) electrons. The lowest BCUT2D eigenvalue weighted by molar-refractivity contribution is 0.0993. The van der Waals surface area contributed by atoms with E-state index in [9.17, 15) is 13.6 Å². The molecule has 1 atom stereocenters. The minimum Gasteiger partial charge on any atom is -0.293 e. The Morgan fingerprint density at radius 1 is 1.05 bits per heavy atom. The molecule has 0 aromatic heterocycles. The largest absolute Gasteiger partial charge is 0.293 e. The minimum atomic E-state index is -1.03. The van der Waals surface area contributed by atoms with Crippen molar-refractivity contribution in [3.05, 3.63) is 63.6 Å². The van der Waals surface area contributed by atoms with E-state index in [-0.39, 0.29) is 11.3 Å². The summed E-state index contributed by atoms with van der Waals surface area (Å²) >= 11 is 13.0. The second kappa shape index (κ2) is 6.77. The molecular weight excluding hydrogens is 337 g/mol. The van der Waals surface area contributed by atoms with Crippen molar-refractivity contribution < 1.29 is 13.6 Å². The van der Waals surface area contributed by atoms with Crippen LogP contribution in [0.5, 0.6) is 0 Å². The van der Waals surface area contributed by atoms with Gasteiger partial charge in [0.15, 0.2) is 17.4 Å². The molecule has 1 nitrogen and oxygen atoms in total. The molecule has 0 N–H and O–H groups in total. The molecule has 110 valence electrons. The van der Waals surface area contributed by atoms with Gasteiger partial charge in [-0.2, -0.15) is 0 Å². The molecule has 0 fully saturated rings. The topological polar surface area (TPSA) is 17.1 Å². The molecule has 0 amide bonds. The van der Waals surface area contributed by atoms with Gasteiger partial charge in [-0.05, 0) is 43.3 Å². The molecule has 0 aliphatic carbocycles. The SMILES string of the molecule is CC(Sc1ccc(Cl)c(Cl)c1)C(=O)c1ccc(F)c(F)c1. The van der Waals surface area contributed by atoms with E-state index in [1.807, 2.05) is 0 Å². The van der Waals surface area contributed by atoms with Gasteiger partial charge in [0, 0.05) is 10.5 Å². The van der Waals surface area contributed by atoms with E-state index in [1.165, 1.54) is 17.8 Å². The van der Waals surface area contributed by atoms with Gasteiger partial charge in [-0.1, -0.05) is 23.2 Å². The van der Waals surface area contributed by atoms with Crippen LogP contribution in [0.15, 0.2) is 41.3 Å². The summed E-state index contributed by atoms with van der Waals surface area (Å²) in [5.74, 6) is -2.30. The lowest BCUT2D eigenvalue weighted by Crippen LogP contribution is -2.13. The molecule has 0 heterocycles. The Hall–Kier alpha value is -1.10. The highest BCUT2D eigenvalue weighted by atomic mass is 35.5. The summed E-state index contributed by atoms with van der Waals surface area (Å²) in [6.07, 6.45) is 0. The van der Waals surface area contributed by atoms with Crippen LogP contribution >= 0.6 is 35.0 Å². The third kappa shape index (κ3) is 3.96. The molecule has 0 bridgehead atoms. The first-order valence-electron chi connectivity index (χ1n) is 5.99. The van der Waals surface area contributed by atoms with Gasteiger partial charge in [-0.25, -0.2) is 8.78 Å². The van der Waals surface area contributed by atoms with Crippen molar-refractivity contribution in [3.8, 4) is 0 Å². The number of hydrogen-bond acceptors (Lipinski definition) is 2. The minimum absolute atomic E-state index is 0.133. The predicted molar refractivity (Wildman–Crippen MR) is 82.5 cm³/mol. The van der Waals surface area contributed by atoms with E-state index in [4.69, 9.17) is 23.2 Å². The Balaban J connectivity index is 2.15. The average Bonchev–Trinajstić information content (AvgIpc) is 2.45. The first-order valence-corrected chi connectivity index (χ1v) is 7.63. The van der Waals surface area contributed by atoms with Crippen LogP contribution in [0.4, 0.5) is 8.78 Å².